The van der Waals surface area contributed by atoms with Crippen LogP contribution in [-0.4, -0.2) is 102 Å². The van der Waals surface area contributed by atoms with Crippen LogP contribution in [0, 0.1) is 17.3 Å². The first-order valence-corrected chi connectivity index (χ1v) is 17.3. The molecule has 1 aliphatic rings. The van der Waals surface area contributed by atoms with Crippen LogP contribution in [0.1, 0.15) is 108 Å². The van der Waals surface area contributed by atoms with E-state index in [2.05, 4.69) is 42.0 Å². The molecule has 0 spiro atoms. The molecule has 3 unspecified atom stereocenters. The summed E-state index contributed by atoms with van der Waals surface area (Å²) in [4.78, 5) is 83.2. The minimum absolute atomic E-state index is 0.0324. The Bertz CT molecular complexity index is 1060. The van der Waals surface area contributed by atoms with Crippen LogP contribution < -0.4 is 32.3 Å². The molecule has 49 heavy (non-hydrogen) atoms. The molecule has 1 fully saturated rings. The van der Waals surface area contributed by atoms with Crippen LogP contribution in [-0.2, 0) is 28.8 Å². The molecule has 0 saturated carbocycles. The molecule has 0 aromatic carbocycles. The van der Waals surface area contributed by atoms with Gasteiger partial charge in [-0.2, -0.15) is 0 Å². The predicted molar refractivity (Wildman–Crippen MR) is 189 cm³/mol. The van der Waals surface area contributed by atoms with Gasteiger partial charge in [0.25, 0.3) is 5.91 Å². The number of nitrogens with two attached hydrogens (primary N) is 1. The number of ketones is 1. The maximum absolute atomic E-state index is 13.2. The molecular weight excluding hydrogens is 634 g/mol. The number of hydrogen-bond donors (Lipinski definition) is 7. The zero-order valence-electron chi connectivity index (χ0n) is 31.6. The second-order valence-corrected chi connectivity index (χ2v) is 14.2. The normalized spacial score (nSPS) is 17.8. The van der Waals surface area contributed by atoms with Gasteiger partial charge >= 0.3 is 6.09 Å². The average molecular weight is 700 g/mol. The van der Waals surface area contributed by atoms with Crippen molar-refractivity contribution in [3.05, 3.63) is 0 Å². The summed E-state index contributed by atoms with van der Waals surface area (Å²) in [5.74, 6) is -1.30. The van der Waals surface area contributed by atoms with E-state index in [0.717, 1.165) is 31.6 Å². The smallest absolute Gasteiger partial charge is 0.405 e. The largest absolute Gasteiger partial charge is 0.465 e. The zero-order chi connectivity index (χ0) is 38.5. The molecule has 1 saturated heterocycles. The number of carbonyl (C=O) groups is 7. The number of nitrogens with one attached hydrogen (secondary N) is 5. The fourth-order valence-corrected chi connectivity index (χ4v) is 4.73. The molecule has 0 aromatic heterocycles. The van der Waals surface area contributed by atoms with Gasteiger partial charge < -0.3 is 42.3 Å². The fourth-order valence-electron chi connectivity index (χ4n) is 4.73. The Hall–Kier alpha value is -3.75. The lowest BCUT2D eigenvalue weighted by atomic mass is 9.85. The quantitative estimate of drug-likeness (QED) is 0.0921. The number of rotatable bonds is 16. The third-order valence-corrected chi connectivity index (χ3v) is 7.69. The van der Waals surface area contributed by atoms with Crippen molar-refractivity contribution in [3.63, 3.8) is 0 Å². The highest BCUT2D eigenvalue weighted by Crippen LogP contribution is 2.30. The molecule has 15 heteroatoms. The third-order valence-electron chi connectivity index (χ3n) is 7.69. The van der Waals surface area contributed by atoms with Crippen LogP contribution in [0.5, 0.6) is 0 Å². The van der Waals surface area contributed by atoms with E-state index in [9.17, 15) is 33.6 Å². The van der Waals surface area contributed by atoms with Crippen molar-refractivity contribution < 1.29 is 38.7 Å². The summed E-state index contributed by atoms with van der Waals surface area (Å²) >= 11 is 0. The van der Waals surface area contributed by atoms with Crippen molar-refractivity contribution in [2.45, 2.75) is 138 Å². The summed E-state index contributed by atoms with van der Waals surface area (Å²) < 4.78 is 0. The second-order valence-electron chi connectivity index (χ2n) is 14.2. The number of carboxylic acid groups (broad SMARTS) is 1. The standard InChI is InChI=1S/C19H35N5O5.C11H20N2O3.C4H10/c1-11(22-18(28)29)16(26)21-10-14(25)23-15(19(3,4)5)17(27)24-9-7-13(6-8-20)12(24)2;1-4-6-9(12-7-14)10(15)11(16)13-8(3)5-2;1-4(2)3/h11-13,15,22H,6-10,20H2,1-5H3,(H,21,26)(H,23,25)(H,28,29);7-9H,4-6H2,1-3H3,(H,12,14)(H,13,16);4H,1-3H3/t11-,12?,13+,15?;8-,9?;/m10./s1. The zero-order valence-corrected chi connectivity index (χ0v) is 31.6. The number of nitrogens with zero attached hydrogens (tertiary/aromatic N) is 1. The summed E-state index contributed by atoms with van der Waals surface area (Å²) in [7, 11) is 0. The van der Waals surface area contributed by atoms with Crippen molar-refractivity contribution in [2.24, 2.45) is 23.0 Å². The molecule has 6 atom stereocenters. The number of likely N-dealkylation sites (tertiary alicyclic amines) is 1. The highest BCUT2D eigenvalue weighted by atomic mass is 16.4. The highest BCUT2D eigenvalue weighted by Gasteiger charge is 2.41. The lowest BCUT2D eigenvalue weighted by Crippen LogP contribution is -2.57. The summed E-state index contributed by atoms with van der Waals surface area (Å²) in [5.41, 5.74) is 5.13. The van der Waals surface area contributed by atoms with E-state index in [4.69, 9.17) is 10.8 Å². The maximum Gasteiger partial charge on any atom is 0.405 e. The molecule has 6 amide bonds. The van der Waals surface area contributed by atoms with Gasteiger partial charge in [0, 0.05) is 18.6 Å². The molecule has 1 rings (SSSR count). The van der Waals surface area contributed by atoms with Crippen LogP contribution in [0.2, 0.25) is 0 Å². The van der Waals surface area contributed by atoms with E-state index in [1.807, 2.05) is 53.8 Å². The average Bonchev–Trinajstić information content (AvgIpc) is 3.36. The molecule has 1 aliphatic heterocycles. The van der Waals surface area contributed by atoms with Crippen LogP contribution in [0.3, 0.4) is 0 Å². The number of amides is 6. The van der Waals surface area contributed by atoms with Crippen LogP contribution in [0.25, 0.3) is 0 Å². The molecule has 0 aliphatic carbocycles. The van der Waals surface area contributed by atoms with Crippen LogP contribution in [0.15, 0.2) is 0 Å². The highest BCUT2D eigenvalue weighted by molar-refractivity contribution is 6.38. The lowest BCUT2D eigenvalue weighted by molar-refractivity contribution is -0.140. The Morgan fingerprint density at radius 2 is 1.55 bits per heavy atom. The van der Waals surface area contributed by atoms with Gasteiger partial charge in [0.2, 0.25) is 29.9 Å². The van der Waals surface area contributed by atoms with E-state index >= 15 is 0 Å². The van der Waals surface area contributed by atoms with E-state index in [-0.39, 0.29) is 24.5 Å². The van der Waals surface area contributed by atoms with Gasteiger partial charge in [-0.05, 0) is 70.3 Å². The Labute approximate surface area is 293 Å². The van der Waals surface area contributed by atoms with Gasteiger partial charge in [0.15, 0.2) is 0 Å². The van der Waals surface area contributed by atoms with Crippen molar-refractivity contribution >= 4 is 41.9 Å². The monoisotopic (exact) mass is 699 g/mol. The summed E-state index contributed by atoms with van der Waals surface area (Å²) in [5, 5.41) is 20.7. The fraction of sp³-hybridized carbons (Fsp3) is 0.794. The SMILES string of the molecule is CC(C)C.CC1[C@@H](CCN)CCN1C(=O)C(NC(=O)CNC(=O)[C@@H](C)NC(=O)O)C(C)(C)C.CCCC(NC=O)C(=O)C(=O)N[C@@H](C)CC. The molecule has 284 valence electrons. The molecule has 15 nitrogen and oxygen atoms in total. The summed E-state index contributed by atoms with van der Waals surface area (Å²) in [6.45, 7) is 22.0. The van der Waals surface area contributed by atoms with E-state index in [1.165, 1.54) is 6.92 Å². The van der Waals surface area contributed by atoms with E-state index in [0.29, 0.717) is 31.8 Å². The van der Waals surface area contributed by atoms with Gasteiger partial charge in [0.1, 0.15) is 12.1 Å². The lowest BCUT2D eigenvalue weighted by Gasteiger charge is -2.35. The predicted octanol–water partition coefficient (Wildman–Crippen LogP) is 1.92. The van der Waals surface area contributed by atoms with Gasteiger partial charge in [-0.25, -0.2) is 4.79 Å². The Balaban J connectivity index is 0. The van der Waals surface area contributed by atoms with Crippen LogP contribution in [0.4, 0.5) is 4.79 Å². The van der Waals surface area contributed by atoms with Crippen molar-refractivity contribution in [1.82, 2.24) is 31.5 Å². The minimum atomic E-state index is -1.33. The van der Waals surface area contributed by atoms with Gasteiger partial charge in [0.05, 0.1) is 12.6 Å². The Morgan fingerprint density at radius 1 is 0.980 bits per heavy atom. The third kappa shape index (κ3) is 19.7. The molecule has 8 N–H and O–H groups in total. The summed E-state index contributed by atoms with van der Waals surface area (Å²) in [6, 6.07) is -2.43. The Kier molecular flexibility index (Phi) is 23.6. The first-order chi connectivity index (χ1) is 22.7. The van der Waals surface area contributed by atoms with Crippen LogP contribution >= 0.6 is 0 Å². The molecule has 0 aromatic rings. The number of carbonyl (C=O) groups excluding carboxylic acids is 6. The van der Waals surface area contributed by atoms with Crippen molar-refractivity contribution in [3.8, 4) is 0 Å². The number of hydrogen-bond acceptors (Lipinski definition) is 8. The van der Waals surface area contributed by atoms with E-state index in [1.54, 1.807) is 4.90 Å². The van der Waals surface area contributed by atoms with Crippen molar-refractivity contribution in [2.75, 3.05) is 19.6 Å². The minimum Gasteiger partial charge on any atom is -0.465 e. The van der Waals surface area contributed by atoms with Gasteiger partial charge in [-0.15, -0.1) is 0 Å². The molecule has 1 heterocycles. The van der Waals surface area contributed by atoms with Gasteiger partial charge in [-0.1, -0.05) is 61.8 Å². The Morgan fingerprint density at radius 3 is 2.00 bits per heavy atom. The first-order valence-electron chi connectivity index (χ1n) is 17.3. The maximum atomic E-state index is 13.2. The molecular formula is C34H65N7O8. The van der Waals surface area contributed by atoms with E-state index < -0.39 is 53.1 Å². The molecule has 0 bridgehead atoms. The number of Topliss-reactive ketones (excluding diaryl/α,β-unsaturated/α-hetero) is 1. The first kappa shape index (κ1) is 47.4. The van der Waals surface area contributed by atoms with Crippen molar-refractivity contribution in [1.29, 1.82) is 0 Å². The topological polar surface area (TPSA) is 229 Å². The second kappa shape index (κ2) is 24.4. The molecule has 0 radical (unpaired) electrons. The van der Waals surface area contributed by atoms with Gasteiger partial charge in [-0.3, -0.25) is 28.8 Å². The summed E-state index contributed by atoms with van der Waals surface area (Å²) in [6.07, 6.45) is 2.83.